The summed E-state index contributed by atoms with van der Waals surface area (Å²) in [6.07, 6.45) is 1.76. The Morgan fingerprint density at radius 3 is 2.80 bits per heavy atom. The molecular weight excluding hydrogens is 290 g/mol. The first-order chi connectivity index (χ1) is 9.72. The van der Waals surface area contributed by atoms with Gasteiger partial charge in [0.05, 0.1) is 21.9 Å². The van der Waals surface area contributed by atoms with Crippen molar-refractivity contribution in [3.05, 3.63) is 48.1 Å². The molecule has 3 aromatic rings. The van der Waals surface area contributed by atoms with Gasteiger partial charge in [-0.25, -0.2) is 9.97 Å². The van der Waals surface area contributed by atoms with Gasteiger partial charge in [-0.15, -0.1) is 11.8 Å². The number of aromatic nitrogens is 2. The molecule has 20 heavy (non-hydrogen) atoms. The number of rotatable bonds is 4. The van der Waals surface area contributed by atoms with E-state index in [2.05, 4.69) is 9.97 Å². The van der Waals surface area contributed by atoms with Gasteiger partial charge >= 0.3 is 0 Å². The number of oxazole rings is 1. The van der Waals surface area contributed by atoms with Crippen LogP contribution < -0.4 is 5.73 Å². The Bertz CT molecular complexity index is 706. The van der Waals surface area contributed by atoms with Crippen LogP contribution in [-0.2, 0) is 5.75 Å². The van der Waals surface area contributed by atoms with E-state index in [0.29, 0.717) is 16.8 Å². The van der Waals surface area contributed by atoms with Crippen LogP contribution in [-0.4, -0.2) is 9.97 Å². The van der Waals surface area contributed by atoms with E-state index in [1.54, 1.807) is 18.0 Å². The van der Waals surface area contributed by atoms with Gasteiger partial charge in [-0.2, -0.15) is 0 Å². The van der Waals surface area contributed by atoms with E-state index in [4.69, 9.17) is 10.2 Å². The molecule has 0 radical (unpaired) electrons. The zero-order chi connectivity index (χ0) is 13.9. The van der Waals surface area contributed by atoms with Crippen molar-refractivity contribution in [1.82, 2.24) is 9.97 Å². The van der Waals surface area contributed by atoms with Gasteiger partial charge < -0.3 is 10.2 Å². The van der Waals surface area contributed by atoms with Crippen LogP contribution in [0, 0.1) is 6.92 Å². The van der Waals surface area contributed by atoms with Crippen LogP contribution in [0.15, 0.2) is 45.2 Å². The number of nitrogens with zero attached hydrogens (tertiary/aromatic N) is 2. The molecule has 0 saturated heterocycles. The van der Waals surface area contributed by atoms with Gasteiger partial charge in [0.1, 0.15) is 0 Å². The maximum absolute atomic E-state index is 5.76. The second-order valence-electron chi connectivity index (χ2n) is 4.20. The first-order valence-corrected chi connectivity index (χ1v) is 7.88. The third-order valence-electron chi connectivity index (χ3n) is 2.71. The Hall–Kier alpha value is -1.79. The summed E-state index contributed by atoms with van der Waals surface area (Å²) in [5, 5.41) is 0.599. The topological polar surface area (TPSA) is 64.9 Å². The molecule has 0 aliphatic rings. The minimum Gasteiger partial charge on any atom is -0.440 e. The summed E-state index contributed by atoms with van der Waals surface area (Å²) in [5.41, 5.74) is 7.69. The summed E-state index contributed by atoms with van der Waals surface area (Å²) in [5.74, 6) is 2.18. The standard InChI is InChI=1S/C14H13N3OS2/c1-9-13(20-14(15)17-9)19-8-12-16-7-11(18-12)10-5-3-2-4-6-10/h2-7H,8H2,1H3,(H2,15,17). The first kappa shape index (κ1) is 13.2. The molecule has 2 heterocycles. The Balaban J connectivity index is 1.70. The maximum atomic E-state index is 5.76. The number of hydrogen-bond donors (Lipinski definition) is 1. The monoisotopic (exact) mass is 303 g/mol. The summed E-state index contributed by atoms with van der Waals surface area (Å²) in [6.45, 7) is 1.96. The highest BCUT2D eigenvalue weighted by molar-refractivity contribution is 8.00. The first-order valence-electron chi connectivity index (χ1n) is 6.08. The molecule has 102 valence electrons. The van der Waals surface area contributed by atoms with Gasteiger partial charge in [0, 0.05) is 5.56 Å². The number of nitrogens with two attached hydrogens (primary N) is 1. The highest BCUT2D eigenvalue weighted by Crippen LogP contribution is 2.33. The molecule has 0 unspecified atom stereocenters. The second-order valence-corrected chi connectivity index (χ2v) is 6.47. The molecule has 4 nitrogen and oxygen atoms in total. The van der Waals surface area contributed by atoms with E-state index in [1.165, 1.54) is 11.3 Å². The minimum absolute atomic E-state index is 0.599. The summed E-state index contributed by atoms with van der Waals surface area (Å²) in [7, 11) is 0. The largest absolute Gasteiger partial charge is 0.440 e. The molecular formula is C14H13N3OS2. The third-order valence-corrected chi connectivity index (χ3v) is 5.04. The Morgan fingerprint density at radius 2 is 2.10 bits per heavy atom. The molecule has 0 fully saturated rings. The Kier molecular flexibility index (Phi) is 3.75. The van der Waals surface area contributed by atoms with Gasteiger partial charge in [0.25, 0.3) is 0 Å². The lowest BCUT2D eigenvalue weighted by Crippen LogP contribution is -1.81. The molecule has 0 aliphatic heterocycles. The molecule has 0 amide bonds. The minimum atomic E-state index is 0.599. The lowest BCUT2D eigenvalue weighted by atomic mass is 10.2. The van der Waals surface area contributed by atoms with E-state index in [0.717, 1.165) is 21.2 Å². The second kappa shape index (κ2) is 5.68. The van der Waals surface area contributed by atoms with Crippen molar-refractivity contribution in [3.63, 3.8) is 0 Å². The van der Waals surface area contributed by atoms with E-state index < -0.39 is 0 Å². The number of hydrogen-bond acceptors (Lipinski definition) is 6. The van der Waals surface area contributed by atoms with Crippen LogP contribution in [0.5, 0.6) is 0 Å². The molecule has 0 spiro atoms. The molecule has 3 rings (SSSR count). The van der Waals surface area contributed by atoms with Gasteiger partial charge in [-0.05, 0) is 6.92 Å². The van der Waals surface area contributed by atoms with Crippen LogP contribution in [0.4, 0.5) is 5.13 Å². The highest BCUT2D eigenvalue weighted by Gasteiger charge is 2.10. The lowest BCUT2D eigenvalue weighted by molar-refractivity contribution is 0.530. The normalized spacial score (nSPS) is 10.8. The number of benzene rings is 1. The fourth-order valence-corrected chi connectivity index (χ4v) is 3.65. The Morgan fingerprint density at radius 1 is 1.30 bits per heavy atom. The molecule has 1 aromatic carbocycles. The molecule has 0 saturated carbocycles. The van der Waals surface area contributed by atoms with Gasteiger partial charge in [0.15, 0.2) is 10.9 Å². The van der Waals surface area contributed by atoms with Crippen LogP contribution in [0.3, 0.4) is 0 Å². The number of nitrogen functional groups attached to an aromatic ring is 1. The zero-order valence-electron chi connectivity index (χ0n) is 10.9. The summed E-state index contributed by atoms with van der Waals surface area (Å²) >= 11 is 3.15. The van der Waals surface area contributed by atoms with Crippen LogP contribution >= 0.6 is 23.1 Å². The molecule has 6 heteroatoms. The zero-order valence-corrected chi connectivity index (χ0v) is 12.5. The fraction of sp³-hybridized carbons (Fsp3) is 0.143. The SMILES string of the molecule is Cc1nc(N)sc1SCc1ncc(-c2ccccc2)o1. The van der Waals surface area contributed by atoms with Crippen molar-refractivity contribution in [2.75, 3.05) is 5.73 Å². The average Bonchev–Trinajstić information content (AvgIpc) is 3.04. The summed E-state index contributed by atoms with van der Waals surface area (Å²) < 4.78 is 6.87. The average molecular weight is 303 g/mol. The van der Waals surface area contributed by atoms with E-state index in [-0.39, 0.29) is 0 Å². The van der Waals surface area contributed by atoms with Crippen molar-refractivity contribution in [2.45, 2.75) is 16.9 Å². The Labute approximate surface area is 125 Å². The van der Waals surface area contributed by atoms with E-state index in [9.17, 15) is 0 Å². The third kappa shape index (κ3) is 2.86. The highest BCUT2D eigenvalue weighted by atomic mass is 32.2. The van der Waals surface area contributed by atoms with Crippen LogP contribution in [0.2, 0.25) is 0 Å². The van der Waals surface area contributed by atoms with Gasteiger partial charge in [-0.1, -0.05) is 41.7 Å². The van der Waals surface area contributed by atoms with Crippen molar-refractivity contribution in [2.24, 2.45) is 0 Å². The van der Waals surface area contributed by atoms with E-state index in [1.807, 2.05) is 37.3 Å². The van der Waals surface area contributed by atoms with Gasteiger partial charge in [0.2, 0.25) is 5.89 Å². The number of thioether (sulfide) groups is 1. The molecule has 0 aliphatic carbocycles. The number of thiazole rings is 1. The van der Waals surface area contributed by atoms with Gasteiger partial charge in [-0.3, -0.25) is 0 Å². The summed E-state index contributed by atoms with van der Waals surface area (Å²) in [6, 6.07) is 9.95. The summed E-state index contributed by atoms with van der Waals surface area (Å²) in [4.78, 5) is 8.51. The van der Waals surface area contributed by atoms with Crippen LogP contribution in [0.25, 0.3) is 11.3 Å². The molecule has 0 bridgehead atoms. The predicted molar refractivity (Wildman–Crippen MR) is 82.8 cm³/mol. The van der Waals surface area contributed by atoms with Crippen LogP contribution in [0.1, 0.15) is 11.6 Å². The van der Waals surface area contributed by atoms with Crippen molar-refractivity contribution < 1.29 is 4.42 Å². The van der Waals surface area contributed by atoms with E-state index >= 15 is 0 Å². The fourth-order valence-electron chi connectivity index (χ4n) is 1.78. The quantitative estimate of drug-likeness (QED) is 0.738. The molecule has 0 atom stereocenters. The van der Waals surface area contributed by atoms with Crippen molar-refractivity contribution in [1.29, 1.82) is 0 Å². The molecule has 2 aromatic heterocycles. The lowest BCUT2D eigenvalue weighted by Gasteiger charge is -1.96. The number of aryl methyl sites for hydroxylation is 1. The molecule has 2 N–H and O–H groups in total. The number of anilines is 1. The predicted octanol–water partition coefficient (Wildman–Crippen LogP) is 3.98. The smallest absolute Gasteiger partial charge is 0.205 e. The van der Waals surface area contributed by atoms with Crippen molar-refractivity contribution >= 4 is 28.2 Å². The maximum Gasteiger partial charge on any atom is 0.205 e. The van der Waals surface area contributed by atoms with Crippen molar-refractivity contribution in [3.8, 4) is 11.3 Å².